The highest BCUT2D eigenvalue weighted by atomic mass is 16.7. The van der Waals surface area contributed by atoms with Crippen LogP contribution in [0.15, 0.2) is 30.3 Å². The largest absolute Gasteiger partial charge is 0.449 e. The van der Waals surface area contributed by atoms with Gasteiger partial charge in [-0.15, -0.1) is 0 Å². The molecule has 1 unspecified atom stereocenters. The van der Waals surface area contributed by atoms with Crippen LogP contribution in [-0.4, -0.2) is 12.5 Å². The maximum absolute atomic E-state index is 5.85. The maximum Gasteiger partial charge on any atom is 0.268 e. The Kier molecular flexibility index (Phi) is 2.20. The lowest BCUT2D eigenvalue weighted by molar-refractivity contribution is -0.144. The average molecular weight is 179 g/mol. The Morgan fingerprint density at radius 3 is 2.69 bits per heavy atom. The first-order valence-corrected chi connectivity index (χ1v) is 4.45. The third-order valence-corrected chi connectivity index (χ3v) is 2.05. The van der Waals surface area contributed by atoms with Gasteiger partial charge in [-0.25, -0.2) is 0 Å². The SMILES string of the molecule is NC1(Oc2ccccc2)CCCO1. The highest BCUT2D eigenvalue weighted by Crippen LogP contribution is 2.24. The fourth-order valence-corrected chi connectivity index (χ4v) is 1.40. The average Bonchev–Trinajstić information content (AvgIpc) is 2.54. The second kappa shape index (κ2) is 3.36. The van der Waals surface area contributed by atoms with Crippen molar-refractivity contribution in [1.82, 2.24) is 0 Å². The molecule has 1 saturated heterocycles. The molecule has 1 atom stereocenters. The van der Waals surface area contributed by atoms with E-state index in [1.807, 2.05) is 30.3 Å². The quantitative estimate of drug-likeness (QED) is 0.699. The van der Waals surface area contributed by atoms with Gasteiger partial charge in [0.25, 0.3) is 5.91 Å². The molecular weight excluding hydrogens is 166 g/mol. The Morgan fingerprint density at radius 2 is 2.08 bits per heavy atom. The van der Waals surface area contributed by atoms with Crippen LogP contribution in [0.5, 0.6) is 5.75 Å². The van der Waals surface area contributed by atoms with Gasteiger partial charge in [0.2, 0.25) is 0 Å². The second-order valence-corrected chi connectivity index (χ2v) is 3.18. The van der Waals surface area contributed by atoms with Crippen molar-refractivity contribution in [3.05, 3.63) is 30.3 Å². The number of benzene rings is 1. The Balaban J connectivity index is 2.05. The van der Waals surface area contributed by atoms with Gasteiger partial charge in [-0.2, -0.15) is 0 Å². The van der Waals surface area contributed by atoms with Gasteiger partial charge in [-0.1, -0.05) is 18.2 Å². The van der Waals surface area contributed by atoms with E-state index < -0.39 is 5.91 Å². The van der Waals surface area contributed by atoms with Crippen molar-refractivity contribution >= 4 is 0 Å². The number of ether oxygens (including phenoxy) is 2. The molecule has 0 spiro atoms. The first-order valence-electron chi connectivity index (χ1n) is 4.45. The van der Waals surface area contributed by atoms with Crippen LogP contribution in [0.1, 0.15) is 12.8 Å². The molecule has 1 aromatic rings. The minimum atomic E-state index is -0.901. The number of hydrogen-bond acceptors (Lipinski definition) is 3. The summed E-state index contributed by atoms with van der Waals surface area (Å²) in [5, 5.41) is 0. The van der Waals surface area contributed by atoms with Gasteiger partial charge in [0, 0.05) is 6.42 Å². The molecule has 1 aliphatic rings. The van der Waals surface area contributed by atoms with E-state index in [1.165, 1.54) is 0 Å². The van der Waals surface area contributed by atoms with Crippen molar-refractivity contribution in [2.24, 2.45) is 5.73 Å². The number of nitrogens with two attached hydrogens (primary N) is 1. The van der Waals surface area contributed by atoms with E-state index in [0.29, 0.717) is 6.61 Å². The van der Waals surface area contributed by atoms with Crippen LogP contribution in [0.4, 0.5) is 0 Å². The van der Waals surface area contributed by atoms with Crippen molar-refractivity contribution in [3.8, 4) is 5.75 Å². The molecule has 0 aromatic heterocycles. The normalized spacial score (nSPS) is 27.5. The molecular formula is C10H13NO2. The highest BCUT2D eigenvalue weighted by Gasteiger charge is 2.32. The van der Waals surface area contributed by atoms with Crippen molar-refractivity contribution in [2.45, 2.75) is 18.8 Å². The van der Waals surface area contributed by atoms with Crippen molar-refractivity contribution in [1.29, 1.82) is 0 Å². The summed E-state index contributed by atoms with van der Waals surface area (Å²) in [6.45, 7) is 0.684. The molecule has 70 valence electrons. The van der Waals surface area contributed by atoms with Gasteiger partial charge < -0.3 is 9.47 Å². The summed E-state index contributed by atoms with van der Waals surface area (Å²) in [7, 11) is 0. The molecule has 3 heteroatoms. The highest BCUT2D eigenvalue weighted by molar-refractivity contribution is 5.21. The Labute approximate surface area is 77.5 Å². The lowest BCUT2D eigenvalue weighted by atomic mass is 10.3. The van der Waals surface area contributed by atoms with Gasteiger partial charge in [0.05, 0.1) is 6.61 Å². The van der Waals surface area contributed by atoms with E-state index in [9.17, 15) is 0 Å². The molecule has 1 aliphatic heterocycles. The van der Waals surface area contributed by atoms with Gasteiger partial charge in [-0.05, 0) is 18.6 Å². The first kappa shape index (κ1) is 8.53. The minimum Gasteiger partial charge on any atom is -0.449 e. The van der Waals surface area contributed by atoms with Gasteiger partial charge in [0.1, 0.15) is 5.75 Å². The molecule has 2 N–H and O–H groups in total. The van der Waals surface area contributed by atoms with Crippen LogP contribution >= 0.6 is 0 Å². The number of rotatable bonds is 2. The topological polar surface area (TPSA) is 44.5 Å². The molecule has 0 radical (unpaired) electrons. The van der Waals surface area contributed by atoms with Crippen LogP contribution in [-0.2, 0) is 4.74 Å². The summed E-state index contributed by atoms with van der Waals surface area (Å²) < 4.78 is 10.8. The summed E-state index contributed by atoms with van der Waals surface area (Å²) in [5.41, 5.74) is 5.85. The van der Waals surface area contributed by atoms with Gasteiger partial charge in [-0.3, -0.25) is 5.73 Å². The van der Waals surface area contributed by atoms with E-state index in [0.717, 1.165) is 18.6 Å². The van der Waals surface area contributed by atoms with Crippen LogP contribution < -0.4 is 10.5 Å². The standard InChI is InChI=1S/C10H13NO2/c11-10(7-4-8-12-10)13-9-5-2-1-3-6-9/h1-3,5-6H,4,7-8,11H2. The Hall–Kier alpha value is -1.06. The fraction of sp³-hybridized carbons (Fsp3) is 0.400. The Bertz CT molecular complexity index is 268. The third-order valence-electron chi connectivity index (χ3n) is 2.05. The minimum absolute atomic E-state index is 0.684. The molecule has 0 aliphatic carbocycles. The van der Waals surface area contributed by atoms with E-state index in [1.54, 1.807) is 0 Å². The lowest BCUT2D eigenvalue weighted by Gasteiger charge is -2.23. The number of para-hydroxylation sites is 1. The molecule has 1 aromatic carbocycles. The smallest absolute Gasteiger partial charge is 0.268 e. The van der Waals surface area contributed by atoms with Crippen molar-refractivity contribution in [2.75, 3.05) is 6.61 Å². The molecule has 0 bridgehead atoms. The molecule has 1 heterocycles. The zero-order chi connectivity index (χ0) is 9.15. The van der Waals surface area contributed by atoms with E-state index in [4.69, 9.17) is 15.2 Å². The maximum atomic E-state index is 5.85. The zero-order valence-electron chi connectivity index (χ0n) is 7.40. The molecule has 13 heavy (non-hydrogen) atoms. The fourth-order valence-electron chi connectivity index (χ4n) is 1.40. The van der Waals surface area contributed by atoms with Crippen LogP contribution in [0.2, 0.25) is 0 Å². The van der Waals surface area contributed by atoms with Crippen LogP contribution in [0, 0.1) is 0 Å². The van der Waals surface area contributed by atoms with E-state index >= 15 is 0 Å². The van der Waals surface area contributed by atoms with Gasteiger partial charge in [0.15, 0.2) is 0 Å². The summed E-state index contributed by atoms with van der Waals surface area (Å²) in [6, 6.07) is 9.50. The van der Waals surface area contributed by atoms with Crippen molar-refractivity contribution < 1.29 is 9.47 Å². The molecule has 0 amide bonds. The molecule has 3 nitrogen and oxygen atoms in total. The summed E-state index contributed by atoms with van der Waals surface area (Å²) in [4.78, 5) is 0. The molecule has 1 fully saturated rings. The van der Waals surface area contributed by atoms with E-state index in [2.05, 4.69) is 0 Å². The summed E-state index contributed by atoms with van der Waals surface area (Å²) >= 11 is 0. The lowest BCUT2D eigenvalue weighted by Crippen LogP contribution is -2.44. The first-order chi connectivity index (χ1) is 6.29. The van der Waals surface area contributed by atoms with Crippen molar-refractivity contribution in [3.63, 3.8) is 0 Å². The molecule has 0 saturated carbocycles. The zero-order valence-corrected chi connectivity index (χ0v) is 7.40. The molecule has 2 rings (SSSR count). The third kappa shape index (κ3) is 1.99. The predicted octanol–water partition coefficient (Wildman–Crippen LogP) is 1.49. The predicted molar refractivity (Wildman–Crippen MR) is 49.2 cm³/mol. The summed E-state index contributed by atoms with van der Waals surface area (Å²) in [5.74, 6) is -0.145. The second-order valence-electron chi connectivity index (χ2n) is 3.18. The van der Waals surface area contributed by atoms with E-state index in [-0.39, 0.29) is 0 Å². The number of hydrogen-bond donors (Lipinski definition) is 1. The van der Waals surface area contributed by atoms with Gasteiger partial charge >= 0.3 is 0 Å². The summed E-state index contributed by atoms with van der Waals surface area (Å²) in [6.07, 6.45) is 1.71. The van der Waals surface area contributed by atoms with Crippen LogP contribution in [0.3, 0.4) is 0 Å². The Morgan fingerprint density at radius 1 is 1.31 bits per heavy atom. The monoisotopic (exact) mass is 179 g/mol. The van der Waals surface area contributed by atoms with Crippen LogP contribution in [0.25, 0.3) is 0 Å².